The first-order valence-electron chi connectivity index (χ1n) is 12.7. The van der Waals surface area contributed by atoms with E-state index in [1.807, 2.05) is 0 Å². The van der Waals surface area contributed by atoms with Crippen molar-refractivity contribution in [3.05, 3.63) is 65.5 Å². The van der Waals surface area contributed by atoms with E-state index >= 15 is 0 Å². The standard InChI is InChI=1S/C26H30F3N7O3S/c1-3-40(38,39)35-22-19(7-5-11-30-22)15-31-23-21(26(27,28)29)16-32-25(34-23)33-20-8-4-6-18(14-20)24(37)36-12-9-17(2)10-13-36/h4-8,11,14,16-17H,3,9-10,12-13,15H2,1-2H3,(H,30,35)(H2,31,32,33,34). The Morgan fingerprint density at radius 1 is 1.10 bits per heavy atom. The molecule has 1 amide bonds. The lowest BCUT2D eigenvalue weighted by Gasteiger charge is -2.30. The Labute approximate surface area is 230 Å². The number of rotatable bonds is 9. The van der Waals surface area contributed by atoms with Crippen LogP contribution in [0.25, 0.3) is 0 Å². The van der Waals surface area contributed by atoms with E-state index in [2.05, 4.69) is 37.2 Å². The highest BCUT2D eigenvalue weighted by Crippen LogP contribution is 2.34. The zero-order valence-corrected chi connectivity index (χ0v) is 22.8. The predicted molar refractivity (Wildman–Crippen MR) is 146 cm³/mol. The van der Waals surface area contributed by atoms with Gasteiger partial charge < -0.3 is 15.5 Å². The molecular weight excluding hydrogens is 547 g/mol. The van der Waals surface area contributed by atoms with Gasteiger partial charge in [0.15, 0.2) is 0 Å². The van der Waals surface area contributed by atoms with Gasteiger partial charge in [0.2, 0.25) is 16.0 Å². The molecule has 0 unspecified atom stereocenters. The van der Waals surface area contributed by atoms with Crippen LogP contribution in [0, 0.1) is 5.92 Å². The lowest BCUT2D eigenvalue weighted by molar-refractivity contribution is -0.137. The maximum Gasteiger partial charge on any atom is 0.421 e. The van der Waals surface area contributed by atoms with Crippen LogP contribution in [0.2, 0.25) is 0 Å². The number of alkyl halides is 3. The Bertz CT molecular complexity index is 1460. The normalized spacial score (nSPS) is 14.6. The molecular formula is C26H30F3N7O3S. The molecule has 10 nitrogen and oxygen atoms in total. The molecule has 0 aliphatic carbocycles. The van der Waals surface area contributed by atoms with Gasteiger partial charge in [0.05, 0.1) is 5.75 Å². The lowest BCUT2D eigenvalue weighted by atomic mass is 9.98. The number of aromatic nitrogens is 3. The van der Waals surface area contributed by atoms with Crippen molar-refractivity contribution in [2.75, 3.05) is 34.2 Å². The van der Waals surface area contributed by atoms with Crippen LogP contribution < -0.4 is 15.4 Å². The van der Waals surface area contributed by atoms with Crippen molar-refractivity contribution in [2.24, 2.45) is 5.92 Å². The molecule has 14 heteroatoms. The number of pyridine rings is 1. The summed E-state index contributed by atoms with van der Waals surface area (Å²) in [6.07, 6.45) is -0.852. The summed E-state index contributed by atoms with van der Waals surface area (Å²) in [6.45, 7) is 4.75. The Balaban J connectivity index is 1.54. The zero-order chi connectivity index (χ0) is 28.9. The van der Waals surface area contributed by atoms with Crippen LogP contribution in [0.1, 0.15) is 48.2 Å². The fourth-order valence-corrected chi connectivity index (χ4v) is 4.73. The van der Waals surface area contributed by atoms with Gasteiger partial charge in [0.1, 0.15) is 17.2 Å². The Kier molecular flexibility index (Phi) is 8.76. The van der Waals surface area contributed by atoms with E-state index < -0.39 is 27.6 Å². The number of nitrogens with one attached hydrogen (secondary N) is 3. The number of nitrogens with zero attached hydrogens (tertiary/aromatic N) is 4. The molecule has 2 aromatic heterocycles. The number of anilines is 4. The number of halogens is 3. The van der Waals surface area contributed by atoms with Crippen molar-refractivity contribution in [2.45, 2.75) is 39.4 Å². The average Bonchev–Trinajstić information content (AvgIpc) is 2.92. The lowest BCUT2D eigenvalue weighted by Crippen LogP contribution is -2.37. The second-order valence-electron chi connectivity index (χ2n) is 9.50. The molecule has 214 valence electrons. The van der Waals surface area contributed by atoms with Crippen molar-refractivity contribution in [1.82, 2.24) is 19.9 Å². The van der Waals surface area contributed by atoms with Gasteiger partial charge in [-0.15, -0.1) is 0 Å². The highest BCUT2D eigenvalue weighted by atomic mass is 32.2. The Morgan fingerprint density at radius 2 is 1.85 bits per heavy atom. The van der Waals surface area contributed by atoms with Crippen LogP contribution in [-0.2, 0) is 22.7 Å². The maximum atomic E-state index is 13.7. The van der Waals surface area contributed by atoms with Gasteiger partial charge in [-0.3, -0.25) is 9.52 Å². The minimum Gasteiger partial charge on any atom is -0.365 e. The Morgan fingerprint density at radius 3 is 2.55 bits per heavy atom. The third-order valence-corrected chi connectivity index (χ3v) is 7.76. The summed E-state index contributed by atoms with van der Waals surface area (Å²) in [5.41, 5.74) is 0.105. The first kappa shape index (κ1) is 29.1. The Hall–Kier alpha value is -3.94. The minimum absolute atomic E-state index is 0.00228. The van der Waals surface area contributed by atoms with E-state index in [9.17, 15) is 26.4 Å². The molecule has 4 rings (SSSR count). The molecule has 1 aromatic carbocycles. The topological polar surface area (TPSA) is 129 Å². The van der Waals surface area contributed by atoms with E-state index in [-0.39, 0.29) is 30.0 Å². The van der Waals surface area contributed by atoms with Gasteiger partial charge in [0, 0.05) is 48.8 Å². The van der Waals surface area contributed by atoms with Gasteiger partial charge in [-0.25, -0.2) is 18.4 Å². The summed E-state index contributed by atoms with van der Waals surface area (Å²) < 4.78 is 67.5. The molecule has 3 N–H and O–H groups in total. The number of amides is 1. The molecule has 0 spiro atoms. The summed E-state index contributed by atoms with van der Waals surface area (Å²) in [5.74, 6) is -0.362. The number of carbonyl (C=O) groups excluding carboxylic acids is 1. The van der Waals surface area contributed by atoms with E-state index in [1.165, 1.54) is 25.3 Å². The maximum absolute atomic E-state index is 13.7. The van der Waals surface area contributed by atoms with Crippen molar-refractivity contribution < 1.29 is 26.4 Å². The van der Waals surface area contributed by atoms with Crippen LogP contribution in [0.3, 0.4) is 0 Å². The van der Waals surface area contributed by atoms with Gasteiger partial charge in [-0.2, -0.15) is 18.2 Å². The zero-order valence-electron chi connectivity index (χ0n) is 22.0. The van der Waals surface area contributed by atoms with Crippen LogP contribution >= 0.6 is 0 Å². The van der Waals surface area contributed by atoms with Crippen LogP contribution in [0.5, 0.6) is 0 Å². The second kappa shape index (κ2) is 12.1. The van der Waals surface area contributed by atoms with Crippen molar-refractivity contribution in [1.29, 1.82) is 0 Å². The largest absolute Gasteiger partial charge is 0.421 e. The number of likely N-dealkylation sites (tertiary alicyclic amines) is 1. The first-order chi connectivity index (χ1) is 18.9. The smallest absolute Gasteiger partial charge is 0.365 e. The number of benzene rings is 1. The molecule has 3 aromatic rings. The molecule has 40 heavy (non-hydrogen) atoms. The summed E-state index contributed by atoms with van der Waals surface area (Å²) in [6, 6.07) is 9.70. The van der Waals surface area contributed by atoms with Crippen molar-refractivity contribution in [3.63, 3.8) is 0 Å². The van der Waals surface area contributed by atoms with E-state index in [4.69, 9.17) is 0 Å². The highest BCUT2D eigenvalue weighted by molar-refractivity contribution is 7.92. The monoisotopic (exact) mass is 577 g/mol. The number of hydrogen-bond acceptors (Lipinski definition) is 8. The van der Waals surface area contributed by atoms with Crippen LogP contribution in [0.15, 0.2) is 48.8 Å². The van der Waals surface area contributed by atoms with Gasteiger partial charge >= 0.3 is 6.18 Å². The average molecular weight is 578 g/mol. The number of hydrogen-bond donors (Lipinski definition) is 3. The SMILES string of the molecule is CCS(=O)(=O)Nc1ncccc1CNc1nc(Nc2cccc(C(=O)N3CCC(C)CC3)c2)ncc1C(F)(F)F. The van der Waals surface area contributed by atoms with Crippen molar-refractivity contribution >= 4 is 39.2 Å². The highest BCUT2D eigenvalue weighted by Gasteiger charge is 2.35. The van der Waals surface area contributed by atoms with E-state index in [0.29, 0.717) is 42.0 Å². The first-order valence-corrected chi connectivity index (χ1v) is 14.4. The molecule has 3 heterocycles. The van der Waals surface area contributed by atoms with Gasteiger partial charge in [-0.05, 0) is 49.9 Å². The summed E-state index contributed by atoms with van der Waals surface area (Å²) >= 11 is 0. The third-order valence-electron chi connectivity index (χ3n) is 6.50. The van der Waals surface area contributed by atoms with Crippen LogP contribution in [-0.4, -0.2) is 53.0 Å². The summed E-state index contributed by atoms with van der Waals surface area (Å²) in [5, 5.41) is 5.51. The molecule has 1 saturated heterocycles. The number of carbonyl (C=O) groups is 1. The molecule has 0 atom stereocenters. The molecule has 1 fully saturated rings. The van der Waals surface area contributed by atoms with E-state index in [1.54, 1.807) is 29.2 Å². The fraction of sp³-hybridized carbons (Fsp3) is 0.385. The van der Waals surface area contributed by atoms with E-state index in [0.717, 1.165) is 12.8 Å². The quantitative estimate of drug-likeness (QED) is 0.328. The van der Waals surface area contributed by atoms with Gasteiger partial charge in [-0.1, -0.05) is 19.1 Å². The van der Waals surface area contributed by atoms with Crippen LogP contribution in [0.4, 0.5) is 36.4 Å². The molecule has 1 aliphatic heterocycles. The van der Waals surface area contributed by atoms with Gasteiger partial charge in [0.25, 0.3) is 5.91 Å². The third kappa shape index (κ3) is 7.37. The second-order valence-corrected chi connectivity index (χ2v) is 11.5. The number of piperidine rings is 1. The molecule has 0 bridgehead atoms. The summed E-state index contributed by atoms with van der Waals surface area (Å²) in [7, 11) is -3.65. The van der Waals surface area contributed by atoms with Crippen molar-refractivity contribution in [3.8, 4) is 0 Å². The fourth-order valence-electron chi connectivity index (χ4n) is 4.11. The molecule has 0 saturated carbocycles. The predicted octanol–water partition coefficient (Wildman–Crippen LogP) is 4.88. The summed E-state index contributed by atoms with van der Waals surface area (Å²) in [4.78, 5) is 26.6. The minimum atomic E-state index is -4.75. The molecule has 0 radical (unpaired) electrons. The molecule has 1 aliphatic rings. The number of sulfonamides is 1.